The minimum atomic E-state index is -4.12. The Bertz CT molecular complexity index is 119. The topological polar surface area (TPSA) is 38.0 Å². The molecule has 0 amide bonds. The van der Waals surface area contributed by atoms with Gasteiger partial charge >= 0.3 is 6.18 Å². The number of nitrogens with two attached hydrogens (primary N) is 1. The lowest BCUT2D eigenvalue weighted by atomic mass is 10.4. The Morgan fingerprint density at radius 3 is 2.30 bits per heavy atom. The molecule has 0 aliphatic rings. The third-order valence-corrected chi connectivity index (χ3v) is 0.761. The lowest BCUT2D eigenvalue weighted by Crippen LogP contribution is -2.24. The molecule has 0 saturated carbocycles. The monoisotopic (exact) mass is 154 g/mol. The third kappa shape index (κ3) is 7.13. The van der Waals surface area contributed by atoms with Gasteiger partial charge in [0.05, 0.1) is 12.2 Å². The van der Waals surface area contributed by atoms with Crippen LogP contribution in [0.5, 0.6) is 0 Å². The number of halogens is 3. The van der Waals surface area contributed by atoms with E-state index in [0.717, 1.165) is 0 Å². The van der Waals surface area contributed by atoms with Crippen LogP contribution in [0.15, 0.2) is 12.4 Å². The summed E-state index contributed by atoms with van der Waals surface area (Å²) >= 11 is 0. The van der Waals surface area contributed by atoms with Gasteiger partial charge in [-0.3, -0.25) is 0 Å². The van der Waals surface area contributed by atoms with Crippen LogP contribution in [0.4, 0.5) is 13.2 Å². The maximum Gasteiger partial charge on any atom is 0.390 e. The molecule has 5 heteroatoms. The molecule has 2 nitrogen and oxygen atoms in total. The van der Waals surface area contributed by atoms with Gasteiger partial charge in [-0.05, 0) is 0 Å². The van der Waals surface area contributed by atoms with Gasteiger partial charge in [-0.1, -0.05) is 6.58 Å². The highest BCUT2D eigenvalue weighted by molar-refractivity contribution is 4.81. The summed E-state index contributed by atoms with van der Waals surface area (Å²) in [5.74, 6) is 0.0595. The van der Waals surface area contributed by atoms with Crippen molar-refractivity contribution in [1.82, 2.24) is 5.32 Å². The van der Waals surface area contributed by atoms with Crippen LogP contribution in [0.3, 0.4) is 0 Å². The average Bonchev–Trinajstić information content (AvgIpc) is 1.59. The first-order valence-corrected chi connectivity index (χ1v) is 2.67. The summed E-state index contributed by atoms with van der Waals surface area (Å²) in [6, 6.07) is 0. The van der Waals surface area contributed by atoms with Gasteiger partial charge in [-0.2, -0.15) is 13.2 Å². The Hall–Kier alpha value is -0.870. The molecule has 0 aromatic rings. The van der Waals surface area contributed by atoms with Crippen LogP contribution >= 0.6 is 0 Å². The van der Waals surface area contributed by atoms with Crippen LogP contribution in [0.2, 0.25) is 0 Å². The molecule has 0 atom stereocenters. The lowest BCUT2D eigenvalue weighted by molar-refractivity contribution is -0.133. The van der Waals surface area contributed by atoms with Crippen LogP contribution in [0, 0.1) is 0 Å². The van der Waals surface area contributed by atoms with E-state index in [2.05, 4.69) is 11.9 Å². The van der Waals surface area contributed by atoms with Crippen molar-refractivity contribution in [2.24, 2.45) is 5.73 Å². The fourth-order valence-corrected chi connectivity index (χ4v) is 0.365. The molecule has 0 aliphatic heterocycles. The van der Waals surface area contributed by atoms with Crippen LogP contribution in [0.1, 0.15) is 6.42 Å². The highest BCUT2D eigenvalue weighted by Crippen LogP contribution is 2.17. The Balaban J connectivity index is 3.29. The molecule has 0 saturated heterocycles. The van der Waals surface area contributed by atoms with Crippen molar-refractivity contribution in [2.75, 3.05) is 6.54 Å². The summed E-state index contributed by atoms with van der Waals surface area (Å²) in [5, 5.41) is 2.27. The summed E-state index contributed by atoms with van der Waals surface area (Å²) in [6.07, 6.45) is -5.01. The second-order valence-electron chi connectivity index (χ2n) is 1.82. The molecule has 0 spiro atoms. The van der Waals surface area contributed by atoms with Crippen LogP contribution in [-0.4, -0.2) is 12.7 Å². The van der Waals surface area contributed by atoms with E-state index in [1.54, 1.807) is 0 Å². The van der Waals surface area contributed by atoms with Crippen molar-refractivity contribution in [3.8, 4) is 0 Å². The molecule has 3 N–H and O–H groups in total. The Morgan fingerprint density at radius 1 is 1.50 bits per heavy atom. The maximum atomic E-state index is 11.4. The molecule has 0 aliphatic carbocycles. The molecular weight excluding hydrogens is 145 g/mol. The second kappa shape index (κ2) is 3.34. The fraction of sp³-hybridized carbons (Fsp3) is 0.600. The molecule has 0 rings (SSSR count). The van der Waals surface area contributed by atoms with Crippen molar-refractivity contribution in [1.29, 1.82) is 0 Å². The highest BCUT2D eigenvalue weighted by atomic mass is 19.4. The van der Waals surface area contributed by atoms with Gasteiger partial charge < -0.3 is 11.1 Å². The fourth-order valence-electron chi connectivity index (χ4n) is 0.365. The lowest BCUT2D eigenvalue weighted by Gasteiger charge is -2.06. The van der Waals surface area contributed by atoms with Crippen molar-refractivity contribution in [3.05, 3.63) is 12.4 Å². The Morgan fingerprint density at radius 2 is 2.00 bits per heavy atom. The Kier molecular flexibility index (Phi) is 3.05. The van der Waals surface area contributed by atoms with E-state index < -0.39 is 12.6 Å². The second-order valence-corrected chi connectivity index (χ2v) is 1.82. The van der Waals surface area contributed by atoms with Gasteiger partial charge in [0, 0.05) is 6.54 Å². The summed E-state index contributed by atoms with van der Waals surface area (Å²) in [4.78, 5) is 0. The minimum Gasteiger partial charge on any atom is -0.386 e. The number of rotatable bonds is 3. The molecular formula is C5H9F3N2. The molecule has 0 aromatic carbocycles. The van der Waals surface area contributed by atoms with E-state index in [4.69, 9.17) is 5.73 Å². The summed E-state index contributed by atoms with van der Waals surface area (Å²) in [6.45, 7) is 2.96. The van der Waals surface area contributed by atoms with E-state index >= 15 is 0 Å². The van der Waals surface area contributed by atoms with Gasteiger partial charge in [0.15, 0.2) is 0 Å². The predicted molar refractivity (Wildman–Crippen MR) is 32.0 cm³/mol. The maximum absolute atomic E-state index is 11.4. The normalized spacial score (nSPS) is 11.1. The van der Waals surface area contributed by atoms with Gasteiger partial charge in [-0.15, -0.1) is 0 Å². The van der Waals surface area contributed by atoms with Crippen LogP contribution in [0.25, 0.3) is 0 Å². The van der Waals surface area contributed by atoms with Crippen molar-refractivity contribution in [3.63, 3.8) is 0 Å². The molecule has 60 valence electrons. The van der Waals surface area contributed by atoms with Gasteiger partial charge in [-0.25, -0.2) is 0 Å². The zero-order chi connectivity index (χ0) is 8.20. The SMILES string of the molecule is C=C(N)NCCC(F)(F)F. The standard InChI is InChI=1S/C5H9F3N2/c1-4(9)10-3-2-5(6,7)8/h10H,1-3,9H2. The molecule has 0 fully saturated rings. The molecule has 0 aromatic heterocycles. The van der Waals surface area contributed by atoms with Crippen LogP contribution < -0.4 is 11.1 Å². The van der Waals surface area contributed by atoms with Gasteiger partial charge in [0.1, 0.15) is 0 Å². The zero-order valence-electron chi connectivity index (χ0n) is 5.33. The first-order valence-electron chi connectivity index (χ1n) is 2.67. The molecule has 0 radical (unpaired) electrons. The predicted octanol–water partition coefficient (Wildman–Crippen LogP) is 0.958. The summed E-state index contributed by atoms with van der Waals surface area (Å²) in [7, 11) is 0. The zero-order valence-corrected chi connectivity index (χ0v) is 5.33. The van der Waals surface area contributed by atoms with Gasteiger partial charge in [0.2, 0.25) is 0 Å². The molecule has 0 unspecified atom stereocenters. The van der Waals surface area contributed by atoms with E-state index in [-0.39, 0.29) is 12.4 Å². The number of hydrogen-bond acceptors (Lipinski definition) is 2. The van der Waals surface area contributed by atoms with Crippen molar-refractivity contribution >= 4 is 0 Å². The first kappa shape index (κ1) is 9.13. The Labute approximate surface area is 56.9 Å². The minimum absolute atomic E-state index is 0.0595. The first-order chi connectivity index (χ1) is 4.42. The van der Waals surface area contributed by atoms with E-state index in [1.165, 1.54) is 0 Å². The molecule has 10 heavy (non-hydrogen) atoms. The average molecular weight is 154 g/mol. The van der Waals surface area contributed by atoms with E-state index in [0.29, 0.717) is 0 Å². The quantitative estimate of drug-likeness (QED) is 0.635. The third-order valence-electron chi connectivity index (χ3n) is 0.761. The smallest absolute Gasteiger partial charge is 0.386 e. The van der Waals surface area contributed by atoms with Crippen molar-refractivity contribution < 1.29 is 13.2 Å². The summed E-state index contributed by atoms with van der Waals surface area (Å²) in [5.41, 5.74) is 4.95. The molecule has 0 bridgehead atoms. The number of nitrogens with one attached hydrogen (secondary N) is 1. The van der Waals surface area contributed by atoms with Gasteiger partial charge in [0.25, 0.3) is 0 Å². The van der Waals surface area contributed by atoms with E-state index in [9.17, 15) is 13.2 Å². The largest absolute Gasteiger partial charge is 0.390 e. The molecule has 0 heterocycles. The number of hydrogen-bond donors (Lipinski definition) is 2. The highest BCUT2D eigenvalue weighted by Gasteiger charge is 2.25. The summed E-state index contributed by atoms with van der Waals surface area (Å²) < 4.78 is 34.2. The van der Waals surface area contributed by atoms with Crippen LogP contribution in [-0.2, 0) is 0 Å². The number of alkyl halides is 3. The van der Waals surface area contributed by atoms with E-state index in [1.807, 2.05) is 0 Å². The van der Waals surface area contributed by atoms with Crippen molar-refractivity contribution in [2.45, 2.75) is 12.6 Å².